The fraction of sp³-hybridized carbons (Fsp3) is 0. The van der Waals surface area contributed by atoms with E-state index in [0.717, 1.165) is 30.9 Å². The summed E-state index contributed by atoms with van der Waals surface area (Å²) in [6, 6.07) is 33.6. The van der Waals surface area contributed by atoms with Gasteiger partial charge in [0.15, 0.2) is 0 Å². The lowest BCUT2D eigenvalue weighted by Crippen LogP contribution is -2.01. The van der Waals surface area contributed by atoms with E-state index in [1.165, 1.54) is 65.8 Å². The highest BCUT2D eigenvalue weighted by molar-refractivity contribution is 7.21. The predicted octanol–water partition coefficient (Wildman–Crippen LogP) is 9.36. The molecule has 0 amide bonds. The molecule has 4 heteroatoms. The average molecular weight is 545 g/mol. The maximum absolute atomic E-state index is 14.0. The summed E-state index contributed by atoms with van der Waals surface area (Å²) >= 11 is 2.95. The van der Waals surface area contributed by atoms with Crippen LogP contribution in [0.2, 0.25) is 0 Å². The summed E-state index contributed by atoms with van der Waals surface area (Å²) in [5, 5.41) is 15.4. The second-order valence-electron chi connectivity index (χ2n) is 10.7. The molecule has 2 heterocycles. The molecule has 10 aromatic rings. The second kappa shape index (κ2) is 7.11. The van der Waals surface area contributed by atoms with E-state index in [4.69, 9.17) is 0 Å². The molecule has 8 aromatic carbocycles. The molecule has 2 aromatic heterocycles. The van der Waals surface area contributed by atoms with Crippen LogP contribution in [0.25, 0.3) is 84.8 Å². The monoisotopic (exact) mass is 544 g/mol. The van der Waals surface area contributed by atoms with Gasteiger partial charge in [-0.05, 0) is 66.0 Å². The van der Waals surface area contributed by atoms with Crippen molar-refractivity contribution in [1.82, 2.24) is 0 Å². The lowest BCUT2D eigenvalue weighted by atomic mass is 10.0. The molecule has 2 nitrogen and oxygen atoms in total. The van der Waals surface area contributed by atoms with Gasteiger partial charge in [0.05, 0.1) is 9.06 Å². The number of hydrogen-bond acceptors (Lipinski definition) is 4. The molecule has 0 saturated carbocycles. The summed E-state index contributed by atoms with van der Waals surface area (Å²) in [5.74, 6) is 0. The predicted molar refractivity (Wildman–Crippen MR) is 172 cm³/mol. The van der Waals surface area contributed by atoms with Crippen LogP contribution in [0, 0.1) is 9.06 Å². The Morgan fingerprint density at radius 3 is 1.12 bits per heavy atom. The first-order valence-electron chi connectivity index (χ1n) is 13.3. The summed E-state index contributed by atoms with van der Waals surface area (Å²) in [7, 11) is 0. The molecule has 0 atom stereocenters. The summed E-state index contributed by atoms with van der Waals surface area (Å²) in [6.07, 6.45) is 0. The van der Waals surface area contributed by atoms with Gasteiger partial charge in [-0.2, -0.15) is 0 Å². The molecule has 0 radical (unpaired) electrons. The van der Waals surface area contributed by atoms with Crippen LogP contribution in [-0.2, 0) is 0 Å². The van der Waals surface area contributed by atoms with Crippen molar-refractivity contribution in [3.05, 3.63) is 127 Å². The topological polar surface area (TPSA) is 34.1 Å². The third-order valence-corrected chi connectivity index (χ3v) is 11.4. The zero-order chi connectivity index (χ0) is 26.3. The molecule has 0 aliphatic heterocycles. The number of hydrogen-bond donors (Lipinski definition) is 0. The van der Waals surface area contributed by atoms with Crippen LogP contribution in [0.4, 0.5) is 0 Å². The zero-order valence-corrected chi connectivity index (χ0v) is 22.5. The van der Waals surface area contributed by atoms with Crippen LogP contribution in [-0.4, -0.2) is 0 Å². The highest BCUT2D eigenvalue weighted by atomic mass is 32.1. The summed E-state index contributed by atoms with van der Waals surface area (Å²) in [5.41, 5.74) is -0.0847. The maximum Gasteiger partial charge on any atom is 0.206 e. The summed E-state index contributed by atoms with van der Waals surface area (Å²) < 4.78 is 3.05. The SMILES string of the molecule is O=c1/c(=c2/sc3c(cc4c5ccccc5c5cccc3c54)c2=O)sc2c1cc1c3ccccc3c3cccc2c31. The molecular formula is C36H16O2S2. The smallest absolute Gasteiger partial charge is 0.206 e. The molecule has 0 unspecified atom stereocenters. The second-order valence-corrected chi connectivity index (χ2v) is 12.7. The molecule has 184 valence electrons. The van der Waals surface area contributed by atoms with Gasteiger partial charge in [-0.25, -0.2) is 0 Å². The molecule has 0 aliphatic carbocycles. The molecule has 0 N–H and O–H groups in total. The molecule has 0 saturated heterocycles. The third-order valence-electron chi connectivity index (χ3n) is 8.75. The van der Waals surface area contributed by atoms with E-state index in [-0.39, 0.29) is 10.9 Å². The van der Waals surface area contributed by atoms with Crippen LogP contribution in [0.3, 0.4) is 0 Å². The molecule has 40 heavy (non-hydrogen) atoms. The number of fused-ring (bicyclic) bond motifs is 10. The van der Waals surface area contributed by atoms with Crippen molar-refractivity contribution < 1.29 is 0 Å². The quantitative estimate of drug-likeness (QED) is 0.191. The Bertz CT molecular complexity index is 2710. The Morgan fingerprint density at radius 2 is 0.700 bits per heavy atom. The van der Waals surface area contributed by atoms with Gasteiger partial charge in [0, 0.05) is 30.9 Å². The first kappa shape index (κ1) is 21.2. The van der Waals surface area contributed by atoms with Crippen molar-refractivity contribution in [3.8, 4) is 0 Å². The molecular weight excluding hydrogens is 529 g/mol. The Balaban J connectivity index is 1.42. The van der Waals surface area contributed by atoms with Gasteiger partial charge in [0.1, 0.15) is 0 Å². The highest BCUT2D eigenvalue weighted by Gasteiger charge is 2.20. The standard InChI is InChI=1S/C36H16O2S2/c37-31-27-15-25-19-9-3-1-7-17(19)21-11-5-13-23(29(21)25)33(27)39-35(31)36-32(38)28-16-26-20-10-4-2-8-18(20)22-12-6-14-24(30(22)26)34(28)40-36/h1-16H/b36-35-. The minimum Gasteiger partial charge on any atom is -0.288 e. The van der Waals surface area contributed by atoms with E-state index >= 15 is 0 Å². The lowest BCUT2D eigenvalue weighted by Gasteiger charge is -2.00. The van der Waals surface area contributed by atoms with Crippen LogP contribution >= 0.6 is 22.7 Å². The molecule has 0 fully saturated rings. The van der Waals surface area contributed by atoms with Crippen LogP contribution in [0.15, 0.2) is 107 Å². The normalized spacial score (nSPS) is 13.6. The van der Waals surface area contributed by atoms with Crippen molar-refractivity contribution in [3.63, 3.8) is 0 Å². The Hall–Kier alpha value is -4.64. The van der Waals surface area contributed by atoms with E-state index in [2.05, 4.69) is 97.1 Å². The number of rotatable bonds is 0. The van der Waals surface area contributed by atoms with Gasteiger partial charge in [0.25, 0.3) is 0 Å². The fourth-order valence-electron chi connectivity index (χ4n) is 7.09. The Morgan fingerprint density at radius 1 is 0.350 bits per heavy atom. The summed E-state index contributed by atoms with van der Waals surface area (Å²) in [4.78, 5) is 28.1. The molecule has 10 rings (SSSR count). The lowest BCUT2D eigenvalue weighted by molar-refractivity contribution is 1.63. The third kappa shape index (κ3) is 2.37. The van der Waals surface area contributed by atoms with Gasteiger partial charge in [-0.15, -0.1) is 22.7 Å². The van der Waals surface area contributed by atoms with Gasteiger partial charge in [0.2, 0.25) is 10.9 Å². The average Bonchev–Trinajstić information content (AvgIpc) is 3.71. The minimum atomic E-state index is -0.0424. The Kier molecular flexibility index (Phi) is 3.77. The van der Waals surface area contributed by atoms with E-state index in [1.54, 1.807) is 0 Å². The van der Waals surface area contributed by atoms with Gasteiger partial charge in [-0.1, -0.05) is 84.9 Å². The van der Waals surface area contributed by atoms with Crippen molar-refractivity contribution >= 4 is 107 Å². The van der Waals surface area contributed by atoms with Crippen LogP contribution < -0.4 is 10.9 Å². The fourth-order valence-corrected chi connectivity index (χ4v) is 9.61. The van der Waals surface area contributed by atoms with E-state index in [9.17, 15) is 9.59 Å². The van der Waals surface area contributed by atoms with Crippen LogP contribution in [0.1, 0.15) is 0 Å². The Labute approximate surface area is 233 Å². The first-order valence-corrected chi connectivity index (χ1v) is 14.9. The minimum absolute atomic E-state index is 0.0424. The van der Waals surface area contributed by atoms with Gasteiger partial charge in [-0.3, -0.25) is 9.59 Å². The van der Waals surface area contributed by atoms with Crippen molar-refractivity contribution in [1.29, 1.82) is 0 Å². The van der Waals surface area contributed by atoms with Crippen molar-refractivity contribution in [2.24, 2.45) is 0 Å². The molecule has 0 bridgehead atoms. The maximum atomic E-state index is 14.0. The van der Waals surface area contributed by atoms with Crippen LogP contribution in [0.5, 0.6) is 0 Å². The largest absolute Gasteiger partial charge is 0.288 e. The number of benzene rings is 6. The summed E-state index contributed by atoms with van der Waals surface area (Å²) in [6.45, 7) is 0. The van der Waals surface area contributed by atoms with E-state index < -0.39 is 0 Å². The number of thiophene rings is 2. The van der Waals surface area contributed by atoms with E-state index in [0.29, 0.717) is 19.8 Å². The zero-order valence-electron chi connectivity index (χ0n) is 20.9. The van der Waals surface area contributed by atoms with E-state index in [1.807, 2.05) is 0 Å². The van der Waals surface area contributed by atoms with Gasteiger partial charge < -0.3 is 0 Å². The van der Waals surface area contributed by atoms with Crippen molar-refractivity contribution in [2.45, 2.75) is 0 Å². The van der Waals surface area contributed by atoms with Crippen molar-refractivity contribution in [2.75, 3.05) is 0 Å². The molecule has 0 spiro atoms. The first-order chi connectivity index (χ1) is 19.7. The molecule has 0 aliphatic rings. The highest BCUT2D eigenvalue weighted by Crippen LogP contribution is 2.44. The van der Waals surface area contributed by atoms with Gasteiger partial charge >= 0.3 is 0 Å².